The van der Waals surface area contributed by atoms with Crippen molar-refractivity contribution in [3.05, 3.63) is 37.2 Å². The van der Waals surface area contributed by atoms with Gasteiger partial charge in [-0.05, 0) is 50.4 Å². The van der Waals surface area contributed by atoms with Crippen LogP contribution in [0.4, 0.5) is 0 Å². The lowest BCUT2D eigenvalue weighted by Gasteiger charge is -2.07. The molecule has 0 aromatic carbocycles. The van der Waals surface area contributed by atoms with Crippen LogP contribution in [-0.2, 0) is 6.54 Å². The van der Waals surface area contributed by atoms with E-state index in [4.69, 9.17) is 5.73 Å². The monoisotopic (exact) mass is 363 g/mol. The zero-order chi connectivity index (χ0) is 11.7. The fourth-order valence-corrected chi connectivity index (χ4v) is 4.39. The lowest BCUT2D eigenvalue weighted by atomic mass is 10.1. The van der Waals surface area contributed by atoms with Crippen LogP contribution in [0.15, 0.2) is 26.0 Å². The van der Waals surface area contributed by atoms with Crippen molar-refractivity contribution >= 4 is 43.2 Å². The van der Waals surface area contributed by atoms with E-state index in [1.165, 1.54) is 0 Å². The molecule has 2 aromatic heterocycles. The first-order chi connectivity index (χ1) is 7.61. The lowest BCUT2D eigenvalue weighted by molar-refractivity contribution is 0.658. The molecule has 2 heterocycles. The minimum Gasteiger partial charge on any atom is -0.320 e. The molecule has 0 aliphatic heterocycles. The van der Waals surface area contributed by atoms with Gasteiger partial charge in [-0.1, -0.05) is 0 Å². The summed E-state index contributed by atoms with van der Waals surface area (Å²) in [5.41, 5.74) is 8.33. The van der Waals surface area contributed by atoms with Crippen LogP contribution in [0.5, 0.6) is 0 Å². The van der Waals surface area contributed by atoms with Gasteiger partial charge in [0.25, 0.3) is 0 Å². The highest BCUT2D eigenvalue weighted by atomic mass is 79.9. The molecule has 0 amide bonds. The molecule has 3 nitrogen and oxygen atoms in total. The van der Waals surface area contributed by atoms with Gasteiger partial charge in [-0.15, -0.1) is 11.3 Å². The van der Waals surface area contributed by atoms with E-state index in [0.29, 0.717) is 0 Å². The lowest BCUT2D eigenvalue weighted by Crippen LogP contribution is -2.10. The van der Waals surface area contributed by atoms with E-state index in [1.807, 2.05) is 23.1 Å². The fraction of sp³-hybridized carbons (Fsp3) is 0.300. The quantitative estimate of drug-likeness (QED) is 0.905. The van der Waals surface area contributed by atoms with Crippen molar-refractivity contribution in [2.24, 2.45) is 5.73 Å². The number of hydrogen-bond donors (Lipinski definition) is 1. The Morgan fingerprint density at radius 2 is 2.31 bits per heavy atom. The van der Waals surface area contributed by atoms with Gasteiger partial charge in [0.15, 0.2) is 0 Å². The minimum absolute atomic E-state index is 0.128. The Kier molecular flexibility index (Phi) is 3.84. The van der Waals surface area contributed by atoms with Crippen molar-refractivity contribution in [1.82, 2.24) is 9.78 Å². The molecule has 1 atom stereocenters. The molecule has 0 saturated heterocycles. The number of nitrogens with two attached hydrogens (primary N) is 1. The summed E-state index contributed by atoms with van der Waals surface area (Å²) in [7, 11) is 0. The van der Waals surface area contributed by atoms with Gasteiger partial charge >= 0.3 is 0 Å². The maximum Gasteiger partial charge on any atom is 0.0761 e. The third-order valence-electron chi connectivity index (χ3n) is 2.35. The molecular formula is C10H11Br2N3S. The van der Waals surface area contributed by atoms with Gasteiger partial charge in [0, 0.05) is 18.3 Å². The zero-order valence-corrected chi connectivity index (χ0v) is 12.6. The first-order valence-corrected chi connectivity index (χ1v) is 7.24. The van der Waals surface area contributed by atoms with Gasteiger partial charge in [0.2, 0.25) is 0 Å². The van der Waals surface area contributed by atoms with Crippen molar-refractivity contribution in [1.29, 1.82) is 0 Å². The standard InChI is InChI=1S/C10H11Br2N3S/c1-2-15-5-6(4-14-15)9(13)7-3-8(11)16-10(7)12/h3-5,9H,2,13H2,1H3. The second-order valence-electron chi connectivity index (χ2n) is 3.39. The Morgan fingerprint density at radius 3 is 2.81 bits per heavy atom. The van der Waals surface area contributed by atoms with E-state index in [2.05, 4.69) is 43.9 Å². The number of aryl methyl sites for hydroxylation is 1. The second kappa shape index (κ2) is 5.00. The highest BCUT2D eigenvalue weighted by Gasteiger charge is 2.16. The summed E-state index contributed by atoms with van der Waals surface area (Å²) >= 11 is 8.61. The van der Waals surface area contributed by atoms with E-state index < -0.39 is 0 Å². The highest BCUT2D eigenvalue weighted by molar-refractivity contribution is 9.12. The largest absolute Gasteiger partial charge is 0.320 e. The first-order valence-electron chi connectivity index (χ1n) is 4.84. The summed E-state index contributed by atoms with van der Waals surface area (Å²) < 4.78 is 4.02. The van der Waals surface area contributed by atoms with Crippen molar-refractivity contribution < 1.29 is 0 Å². The van der Waals surface area contributed by atoms with E-state index in [9.17, 15) is 0 Å². The number of hydrogen-bond acceptors (Lipinski definition) is 3. The van der Waals surface area contributed by atoms with Gasteiger partial charge in [0.1, 0.15) is 0 Å². The van der Waals surface area contributed by atoms with E-state index in [0.717, 1.165) is 25.2 Å². The predicted octanol–water partition coefficient (Wildman–Crippen LogP) is 3.54. The Morgan fingerprint density at radius 1 is 1.56 bits per heavy atom. The van der Waals surface area contributed by atoms with Crippen LogP contribution in [0, 0.1) is 0 Å². The molecule has 2 N–H and O–H groups in total. The Labute approximate surface area is 115 Å². The average Bonchev–Trinajstić information content (AvgIpc) is 2.84. The summed E-state index contributed by atoms with van der Waals surface area (Å²) in [6.07, 6.45) is 3.81. The van der Waals surface area contributed by atoms with Gasteiger partial charge in [-0.2, -0.15) is 5.10 Å². The number of thiophene rings is 1. The van der Waals surface area contributed by atoms with Crippen molar-refractivity contribution in [3.8, 4) is 0 Å². The van der Waals surface area contributed by atoms with Gasteiger partial charge < -0.3 is 5.73 Å². The van der Waals surface area contributed by atoms with Crippen LogP contribution < -0.4 is 5.73 Å². The normalized spacial score (nSPS) is 13.0. The number of rotatable bonds is 3. The Bertz CT molecular complexity index is 492. The van der Waals surface area contributed by atoms with Crippen molar-refractivity contribution in [3.63, 3.8) is 0 Å². The molecule has 16 heavy (non-hydrogen) atoms. The molecule has 0 spiro atoms. The molecular weight excluding hydrogens is 354 g/mol. The second-order valence-corrected chi connectivity index (χ2v) is 7.14. The number of halogens is 2. The molecule has 0 aliphatic rings. The molecule has 86 valence electrons. The van der Waals surface area contributed by atoms with Crippen LogP contribution in [0.1, 0.15) is 24.1 Å². The summed E-state index contributed by atoms with van der Waals surface area (Å²) in [5.74, 6) is 0. The van der Waals surface area contributed by atoms with Crippen molar-refractivity contribution in [2.45, 2.75) is 19.5 Å². The van der Waals surface area contributed by atoms with Gasteiger partial charge in [0.05, 0.1) is 19.8 Å². The molecule has 0 bridgehead atoms. The van der Waals surface area contributed by atoms with Crippen LogP contribution in [0.3, 0.4) is 0 Å². The summed E-state index contributed by atoms with van der Waals surface area (Å²) in [6.45, 7) is 2.92. The van der Waals surface area contributed by atoms with E-state index in [1.54, 1.807) is 11.3 Å². The first kappa shape index (κ1) is 12.3. The molecule has 0 saturated carbocycles. The third-order valence-corrected chi connectivity index (χ3v) is 4.74. The highest BCUT2D eigenvalue weighted by Crippen LogP contribution is 2.36. The van der Waals surface area contributed by atoms with Gasteiger partial charge in [-0.3, -0.25) is 4.68 Å². The van der Waals surface area contributed by atoms with Gasteiger partial charge in [-0.25, -0.2) is 0 Å². The van der Waals surface area contributed by atoms with E-state index in [-0.39, 0.29) is 6.04 Å². The summed E-state index contributed by atoms with van der Waals surface area (Å²) in [6, 6.07) is 1.92. The molecule has 6 heteroatoms. The maximum atomic E-state index is 6.20. The molecule has 0 radical (unpaired) electrons. The Balaban J connectivity index is 2.31. The summed E-state index contributed by atoms with van der Waals surface area (Å²) in [4.78, 5) is 0. The van der Waals surface area contributed by atoms with Crippen molar-refractivity contribution in [2.75, 3.05) is 0 Å². The molecule has 2 aromatic rings. The predicted molar refractivity (Wildman–Crippen MR) is 73.7 cm³/mol. The van der Waals surface area contributed by atoms with Crippen LogP contribution >= 0.6 is 43.2 Å². The fourth-order valence-electron chi connectivity index (χ4n) is 1.46. The maximum absolute atomic E-state index is 6.20. The molecule has 0 aliphatic carbocycles. The number of aromatic nitrogens is 2. The molecule has 0 fully saturated rings. The number of nitrogens with zero attached hydrogens (tertiary/aromatic N) is 2. The van der Waals surface area contributed by atoms with E-state index >= 15 is 0 Å². The molecule has 1 unspecified atom stereocenters. The topological polar surface area (TPSA) is 43.8 Å². The zero-order valence-electron chi connectivity index (χ0n) is 8.65. The average molecular weight is 365 g/mol. The summed E-state index contributed by atoms with van der Waals surface area (Å²) in [5, 5.41) is 4.23. The molecule has 2 rings (SSSR count). The smallest absolute Gasteiger partial charge is 0.0761 e. The van der Waals surface area contributed by atoms with Crippen LogP contribution in [0.25, 0.3) is 0 Å². The van der Waals surface area contributed by atoms with Crippen LogP contribution in [-0.4, -0.2) is 9.78 Å². The van der Waals surface area contributed by atoms with Crippen LogP contribution in [0.2, 0.25) is 0 Å². The third kappa shape index (κ3) is 2.40. The minimum atomic E-state index is -0.128. The Hall–Kier alpha value is -0.170. The SMILES string of the molecule is CCn1cc(C(N)c2cc(Br)sc2Br)cn1.